The summed E-state index contributed by atoms with van der Waals surface area (Å²) in [5.74, 6) is 0.0640. The number of amides is 1. The van der Waals surface area contributed by atoms with Crippen LogP contribution < -0.4 is 10.3 Å². The zero-order chi connectivity index (χ0) is 20.1. The Morgan fingerprint density at radius 3 is 2.61 bits per heavy atom. The molecule has 0 unspecified atom stereocenters. The fraction of sp³-hybridized carbons (Fsp3) is 0.100. The van der Waals surface area contributed by atoms with E-state index in [0.29, 0.717) is 22.6 Å². The van der Waals surface area contributed by atoms with Crippen LogP contribution in [0.5, 0.6) is 0 Å². The number of hydrogen-bond acceptors (Lipinski definition) is 6. The third-order valence-corrected chi connectivity index (χ3v) is 4.18. The highest BCUT2D eigenvalue weighted by Crippen LogP contribution is 2.32. The first-order chi connectivity index (χ1) is 13.5. The van der Waals surface area contributed by atoms with E-state index in [9.17, 15) is 14.9 Å². The lowest BCUT2D eigenvalue weighted by atomic mass is 10.1. The van der Waals surface area contributed by atoms with E-state index in [1.54, 1.807) is 37.1 Å². The van der Waals surface area contributed by atoms with Crippen molar-refractivity contribution in [3.8, 4) is 0 Å². The van der Waals surface area contributed by atoms with E-state index in [0.717, 1.165) is 5.69 Å². The monoisotopic (exact) mass is 378 g/mol. The zero-order valence-corrected chi connectivity index (χ0v) is 15.3. The van der Waals surface area contributed by atoms with Crippen LogP contribution in [0.15, 0.2) is 70.4 Å². The smallest absolute Gasteiger partial charge is 0.293 e. The van der Waals surface area contributed by atoms with Gasteiger partial charge in [-0.1, -0.05) is 24.3 Å². The van der Waals surface area contributed by atoms with E-state index >= 15 is 0 Å². The van der Waals surface area contributed by atoms with Gasteiger partial charge in [0.25, 0.3) is 11.6 Å². The maximum Gasteiger partial charge on any atom is 0.293 e. The average Bonchev–Trinajstić information content (AvgIpc) is 3.14. The van der Waals surface area contributed by atoms with Crippen molar-refractivity contribution in [3.63, 3.8) is 0 Å². The molecule has 28 heavy (non-hydrogen) atoms. The number of carbonyl (C=O) groups is 1. The summed E-state index contributed by atoms with van der Waals surface area (Å²) in [6.07, 6.45) is 2.77. The fourth-order valence-corrected chi connectivity index (χ4v) is 2.69. The highest BCUT2D eigenvalue weighted by atomic mass is 16.6. The molecule has 8 heteroatoms. The quantitative estimate of drug-likeness (QED) is 0.396. The first kappa shape index (κ1) is 18.8. The van der Waals surface area contributed by atoms with Gasteiger partial charge in [-0.25, -0.2) is 5.43 Å². The average molecular weight is 378 g/mol. The van der Waals surface area contributed by atoms with Gasteiger partial charge in [0, 0.05) is 24.4 Å². The lowest BCUT2D eigenvalue weighted by Crippen LogP contribution is -2.17. The summed E-state index contributed by atoms with van der Waals surface area (Å²) < 4.78 is 5.07. The molecule has 0 aliphatic heterocycles. The Labute approximate surface area is 161 Å². The molecule has 1 amide bonds. The van der Waals surface area contributed by atoms with Crippen molar-refractivity contribution in [1.29, 1.82) is 0 Å². The number of hydrogen-bond donors (Lipinski definition) is 1. The largest absolute Gasteiger partial charge is 0.469 e. The van der Waals surface area contributed by atoms with Gasteiger partial charge in [0.15, 0.2) is 0 Å². The van der Waals surface area contributed by atoms with Gasteiger partial charge in [-0.15, -0.1) is 0 Å². The number of furan rings is 1. The number of carbonyl (C=O) groups excluding carboxylic acids is 1. The molecule has 0 fully saturated rings. The van der Waals surface area contributed by atoms with Gasteiger partial charge in [0.1, 0.15) is 11.4 Å². The predicted molar refractivity (Wildman–Crippen MR) is 106 cm³/mol. The summed E-state index contributed by atoms with van der Waals surface area (Å²) >= 11 is 0. The van der Waals surface area contributed by atoms with Crippen LogP contribution >= 0.6 is 0 Å². The second-order valence-corrected chi connectivity index (χ2v) is 5.99. The van der Waals surface area contributed by atoms with Crippen molar-refractivity contribution in [2.24, 2.45) is 5.10 Å². The molecule has 1 aromatic heterocycles. The highest BCUT2D eigenvalue weighted by Gasteiger charge is 2.18. The lowest BCUT2D eigenvalue weighted by molar-refractivity contribution is -0.384. The molecule has 0 radical (unpaired) electrons. The minimum Gasteiger partial charge on any atom is -0.469 e. The SMILES string of the molecule is Cc1occc1C(=O)N/N=C\c1ccc(N(C)c2ccccc2)c([N+](=O)[O-])c1. The van der Waals surface area contributed by atoms with Gasteiger partial charge < -0.3 is 9.32 Å². The first-order valence-corrected chi connectivity index (χ1v) is 8.42. The van der Waals surface area contributed by atoms with Crippen LogP contribution in [0.4, 0.5) is 17.1 Å². The Morgan fingerprint density at radius 2 is 1.96 bits per heavy atom. The number of benzene rings is 2. The maximum absolute atomic E-state index is 12.0. The van der Waals surface area contributed by atoms with Crippen LogP contribution in [-0.4, -0.2) is 24.1 Å². The van der Waals surface area contributed by atoms with Crippen LogP contribution in [0.25, 0.3) is 0 Å². The van der Waals surface area contributed by atoms with Gasteiger partial charge in [0.2, 0.25) is 0 Å². The third kappa shape index (κ3) is 4.07. The molecular weight excluding hydrogens is 360 g/mol. The predicted octanol–water partition coefficient (Wildman–Crippen LogP) is 4.03. The van der Waals surface area contributed by atoms with Crippen LogP contribution in [0.1, 0.15) is 21.7 Å². The Bertz CT molecular complexity index is 1030. The zero-order valence-electron chi connectivity index (χ0n) is 15.3. The van der Waals surface area contributed by atoms with Crippen molar-refractivity contribution in [3.05, 3.63) is 87.9 Å². The molecule has 142 valence electrons. The molecule has 1 heterocycles. The van der Waals surface area contributed by atoms with Crippen LogP contribution in [-0.2, 0) is 0 Å². The molecule has 1 N–H and O–H groups in total. The number of rotatable bonds is 6. The number of nitrogens with one attached hydrogen (secondary N) is 1. The van der Waals surface area contributed by atoms with Crippen LogP contribution in [0, 0.1) is 17.0 Å². The van der Waals surface area contributed by atoms with Crippen LogP contribution in [0.3, 0.4) is 0 Å². The second kappa shape index (κ2) is 8.17. The van der Waals surface area contributed by atoms with E-state index in [-0.39, 0.29) is 5.69 Å². The highest BCUT2D eigenvalue weighted by molar-refractivity contribution is 5.95. The van der Waals surface area contributed by atoms with E-state index < -0.39 is 10.8 Å². The molecule has 3 aromatic rings. The van der Waals surface area contributed by atoms with Crippen LogP contribution in [0.2, 0.25) is 0 Å². The number of nitrogens with zero attached hydrogens (tertiary/aromatic N) is 3. The Hall–Kier alpha value is -3.94. The minimum absolute atomic E-state index is 0.0627. The van der Waals surface area contributed by atoms with Gasteiger partial charge >= 0.3 is 0 Å². The topological polar surface area (TPSA) is 101 Å². The molecule has 0 saturated carbocycles. The van der Waals surface area contributed by atoms with Crippen molar-refractivity contribution in [1.82, 2.24) is 5.43 Å². The summed E-state index contributed by atoms with van der Waals surface area (Å²) in [6, 6.07) is 15.6. The Morgan fingerprint density at radius 1 is 1.21 bits per heavy atom. The minimum atomic E-state index is -0.445. The van der Waals surface area contributed by atoms with Crippen molar-refractivity contribution >= 4 is 29.2 Å². The summed E-state index contributed by atoms with van der Waals surface area (Å²) in [4.78, 5) is 24.8. The molecule has 0 aliphatic rings. The normalized spacial score (nSPS) is 10.8. The van der Waals surface area contributed by atoms with Gasteiger partial charge in [-0.3, -0.25) is 14.9 Å². The lowest BCUT2D eigenvalue weighted by Gasteiger charge is -2.19. The molecule has 0 atom stereocenters. The number of nitro benzene ring substituents is 1. The van der Waals surface area contributed by atoms with E-state index in [2.05, 4.69) is 10.5 Å². The Balaban J connectivity index is 1.80. The summed E-state index contributed by atoms with van der Waals surface area (Å²) in [5.41, 5.74) is 4.46. The molecular formula is C20H18N4O4. The number of nitro groups is 1. The molecule has 3 rings (SSSR count). The molecule has 2 aromatic carbocycles. The second-order valence-electron chi connectivity index (χ2n) is 5.99. The summed E-state index contributed by atoms with van der Waals surface area (Å²) in [5, 5.41) is 15.4. The van der Waals surface area contributed by atoms with E-state index in [4.69, 9.17) is 4.42 Å². The molecule has 0 aliphatic carbocycles. The molecule has 0 saturated heterocycles. The number of para-hydroxylation sites is 1. The summed E-state index contributed by atoms with van der Waals surface area (Å²) in [6.45, 7) is 1.67. The fourth-order valence-electron chi connectivity index (χ4n) is 2.69. The molecule has 8 nitrogen and oxygen atoms in total. The van der Waals surface area contributed by atoms with Crippen molar-refractivity contribution < 1.29 is 14.1 Å². The molecule has 0 bridgehead atoms. The van der Waals surface area contributed by atoms with Crippen molar-refractivity contribution in [2.75, 3.05) is 11.9 Å². The van der Waals surface area contributed by atoms with Gasteiger partial charge in [-0.2, -0.15) is 5.10 Å². The number of hydrazone groups is 1. The third-order valence-electron chi connectivity index (χ3n) is 4.18. The summed E-state index contributed by atoms with van der Waals surface area (Å²) in [7, 11) is 1.76. The maximum atomic E-state index is 12.0. The van der Waals surface area contributed by atoms with Crippen molar-refractivity contribution in [2.45, 2.75) is 6.92 Å². The van der Waals surface area contributed by atoms with Gasteiger partial charge in [0.05, 0.1) is 23.0 Å². The van der Waals surface area contributed by atoms with E-state index in [1.807, 2.05) is 30.3 Å². The first-order valence-electron chi connectivity index (χ1n) is 8.42. The van der Waals surface area contributed by atoms with Gasteiger partial charge in [-0.05, 0) is 31.2 Å². The Kier molecular flexibility index (Phi) is 5.50. The number of anilines is 2. The number of aryl methyl sites for hydroxylation is 1. The standard InChI is InChI=1S/C20H18N4O4/c1-14-17(10-11-28-14)20(25)22-21-13-15-8-9-18(19(12-15)24(26)27)23(2)16-6-4-3-5-7-16/h3-13H,1-2H3,(H,22,25)/b21-13-. The molecule has 0 spiro atoms. The van der Waals surface area contributed by atoms with E-state index in [1.165, 1.54) is 18.5 Å².